The van der Waals surface area contributed by atoms with Crippen LogP contribution in [0, 0.1) is 0 Å². The summed E-state index contributed by atoms with van der Waals surface area (Å²) in [7, 11) is 0. The van der Waals surface area contributed by atoms with Gasteiger partial charge in [-0.15, -0.1) is 0 Å². The number of hydrogen-bond acceptors (Lipinski definition) is 2. The molecule has 2 unspecified atom stereocenters. The van der Waals surface area contributed by atoms with Gasteiger partial charge in [0.25, 0.3) is 11.8 Å². The minimum absolute atomic E-state index is 0.132. The zero-order valence-electron chi connectivity index (χ0n) is 20.6. The molecule has 2 nitrogen and oxygen atoms in total. The fourth-order valence-electron chi connectivity index (χ4n) is 3.50. The summed E-state index contributed by atoms with van der Waals surface area (Å²) in [5, 5.41) is 1.64. The van der Waals surface area contributed by atoms with Crippen LogP contribution in [0.15, 0.2) is 36.4 Å². The number of nitrogens with one attached hydrogen (secondary N) is 1. The molecule has 0 aliphatic rings. The molecule has 0 fully saturated rings. The second-order valence-electron chi connectivity index (χ2n) is 8.67. The van der Waals surface area contributed by atoms with E-state index in [1.807, 2.05) is 0 Å². The molecule has 15 heteroatoms. The Hall–Kier alpha value is -1.76. The first-order chi connectivity index (χ1) is 18.3. The van der Waals surface area contributed by atoms with Gasteiger partial charge in [0.15, 0.2) is 0 Å². The molecule has 0 aliphatic heterocycles. The maximum Gasteiger partial charge on any atom is 0.417 e. The third-order valence-electron chi connectivity index (χ3n) is 5.46. The Kier molecular flexibility index (Phi) is 11.6. The molecule has 0 saturated carbocycles. The van der Waals surface area contributed by atoms with Crippen LogP contribution in [0.2, 0.25) is 15.1 Å². The lowest BCUT2D eigenvalue weighted by Crippen LogP contribution is -2.35. The molecule has 0 saturated heterocycles. The van der Waals surface area contributed by atoms with E-state index in [0.29, 0.717) is 23.9 Å². The van der Waals surface area contributed by atoms with Crippen LogP contribution in [0.5, 0.6) is 0 Å². The van der Waals surface area contributed by atoms with Gasteiger partial charge in [-0.2, -0.15) is 38.1 Å². The van der Waals surface area contributed by atoms with Gasteiger partial charge in [0.1, 0.15) is 5.83 Å². The third-order valence-corrected chi connectivity index (χ3v) is 7.93. The van der Waals surface area contributed by atoms with E-state index in [4.69, 9.17) is 34.8 Å². The number of benzene rings is 2. The maximum atomic E-state index is 15.2. The van der Waals surface area contributed by atoms with Crippen molar-refractivity contribution in [2.24, 2.45) is 0 Å². The summed E-state index contributed by atoms with van der Waals surface area (Å²) in [4.78, 5) is 12.5. The highest BCUT2D eigenvalue weighted by Crippen LogP contribution is 2.43. The van der Waals surface area contributed by atoms with Crippen molar-refractivity contribution < 1.29 is 44.3 Å². The predicted octanol–water partition coefficient (Wildman–Crippen LogP) is 10.2. The molecule has 1 amide bonds. The Balaban J connectivity index is 2.45. The molecule has 2 aromatic carbocycles. The molecule has 2 rings (SSSR count). The molecule has 40 heavy (non-hydrogen) atoms. The SMILES string of the molecule is CCC(F)(F)C(/C=C(\F)c1ccc(C(=O)NC(C)CSCC(F)(F)F)c(C(F)(F)F)c1)c1cc(Cl)c(Cl)c(Cl)c1. The molecule has 0 radical (unpaired) electrons. The Morgan fingerprint density at radius 1 is 1.00 bits per heavy atom. The standard InChI is InChI=1S/C25H21Cl3F9NOS/c1-3-23(30,31)16(14-7-18(26)21(28)19(27)8-14)9-20(29)13-4-5-15(17(6-13)25(35,36)37)22(39)38-12(2)10-40-11-24(32,33)34/h4-9,12,16H,3,10-11H2,1-2H3,(H,38,39)/b20-9-. The molecule has 0 bridgehead atoms. The van der Waals surface area contributed by atoms with Crippen LogP contribution < -0.4 is 5.32 Å². The van der Waals surface area contributed by atoms with E-state index in [0.717, 1.165) is 25.1 Å². The average Bonchev–Trinajstić information content (AvgIpc) is 2.83. The van der Waals surface area contributed by atoms with Crippen molar-refractivity contribution in [1.82, 2.24) is 5.32 Å². The maximum absolute atomic E-state index is 15.2. The molecule has 2 atom stereocenters. The van der Waals surface area contributed by atoms with Gasteiger partial charge in [0.2, 0.25) is 0 Å². The molecule has 0 aliphatic carbocycles. The van der Waals surface area contributed by atoms with Crippen LogP contribution in [0.4, 0.5) is 39.5 Å². The summed E-state index contributed by atoms with van der Waals surface area (Å²) in [6.07, 6.45) is -9.97. The van der Waals surface area contributed by atoms with Crippen molar-refractivity contribution in [3.63, 3.8) is 0 Å². The number of amides is 1. The highest BCUT2D eigenvalue weighted by atomic mass is 35.5. The lowest BCUT2D eigenvalue weighted by molar-refractivity contribution is -0.138. The number of carbonyl (C=O) groups excluding carboxylic acids is 1. The van der Waals surface area contributed by atoms with Gasteiger partial charge in [-0.3, -0.25) is 4.79 Å². The zero-order chi connectivity index (χ0) is 30.6. The number of hydrogen-bond donors (Lipinski definition) is 1. The molecular formula is C25H21Cl3F9NOS. The first kappa shape index (κ1) is 34.4. The number of rotatable bonds is 10. The van der Waals surface area contributed by atoms with Crippen LogP contribution in [0.1, 0.15) is 53.2 Å². The molecule has 1 N–H and O–H groups in total. The van der Waals surface area contributed by atoms with E-state index in [-0.39, 0.29) is 32.5 Å². The van der Waals surface area contributed by atoms with Crippen molar-refractivity contribution in [3.8, 4) is 0 Å². The quantitative estimate of drug-likeness (QED) is 0.203. The molecule has 0 heterocycles. The zero-order valence-corrected chi connectivity index (χ0v) is 23.7. The largest absolute Gasteiger partial charge is 0.417 e. The highest BCUT2D eigenvalue weighted by Gasteiger charge is 2.39. The third kappa shape index (κ3) is 9.39. The van der Waals surface area contributed by atoms with Crippen LogP contribution in [0.3, 0.4) is 0 Å². The summed E-state index contributed by atoms with van der Waals surface area (Å²) in [6, 6.07) is 2.87. The van der Waals surface area contributed by atoms with Gasteiger partial charge in [-0.05, 0) is 42.8 Å². The minimum atomic E-state index is -5.17. The normalized spacial score (nSPS) is 14.7. The van der Waals surface area contributed by atoms with Crippen molar-refractivity contribution in [1.29, 1.82) is 0 Å². The molecular weight excluding hydrogens is 640 g/mol. The molecule has 2 aromatic rings. The monoisotopic (exact) mass is 659 g/mol. The number of thioether (sulfide) groups is 1. The Bertz CT molecular complexity index is 1230. The van der Waals surface area contributed by atoms with E-state index >= 15 is 4.39 Å². The fourth-order valence-corrected chi connectivity index (χ4v) is 4.90. The number of halogens is 12. The topological polar surface area (TPSA) is 29.1 Å². The van der Waals surface area contributed by atoms with Crippen LogP contribution >= 0.6 is 46.6 Å². The van der Waals surface area contributed by atoms with Gasteiger partial charge in [-0.25, -0.2) is 13.2 Å². The van der Waals surface area contributed by atoms with Crippen molar-refractivity contribution >= 4 is 58.3 Å². The van der Waals surface area contributed by atoms with Gasteiger partial charge in [-0.1, -0.05) is 47.8 Å². The molecule has 0 spiro atoms. The summed E-state index contributed by atoms with van der Waals surface area (Å²) < 4.78 is 123. The Labute approximate surface area is 243 Å². The number of alkyl halides is 8. The summed E-state index contributed by atoms with van der Waals surface area (Å²) in [6.45, 7) is 2.42. The van der Waals surface area contributed by atoms with Crippen molar-refractivity contribution in [2.45, 2.75) is 50.5 Å². The fraction of sp³-hybridized carbons (Fsp3) is 0.400. The van der Waals surface area contributed by atoms with Gasteiger partial charge in [0, 0.05) is 23.8 Å². The van der Waals surface area contributed by atoms with E-state index in [2.05, 4.69) is 5.32 Å². The van der Waals surface area contributed by atoms with Crippen LogP contribution in [-0.2, 0) is 6.18 Å². The molecule has 222 valence electrons. The molecule has 0 aromatic heterocycles. The van der Waals surface area contributed by atoms with Gasteiger partial charge >= 0.3 is 12.4 Å². The first-order valence-corrected chi connectivity index (χ1v) is 13.6. The predicted molar refractivity (Wildman–Crippen MR) is 140 cm³/mol. The Morgan fingerprint density at radius 2 is 1.57 bits per heavy atom. The van der Waals surface area contributed by atoms with E-state index in [9.17, 15) is 39.9 Å². The van der Waals surface area contributed by atoms with Crippen molar-refractivity contribution in [2.75, 3.05) is 11.5 Å². The summed E-state index contributed by atoms with van der Waals surface area (Å²) >= 11 is 18.1. The van der Waals surface area contributed by atoms with Crippen LogP contribution in [0.25, 0.3) is 5.83 Å². The van der Waals surface area contributed by atoms with Gasteiger partial charge in [0.05, 0.1) is 37.9 Å². The van der Waals surface area contributed by atoms with E-state index in [1.54, 1.807) is 0 Å². The highest BCUT2D eigenvalue weighted by molar-refractivity contribution is 7.99. The lowest BCUT2D eigenvalue weighted by Gasteiger charge is -2.25. The van der Waals surface area contributed by atoms with E-state index < -0.39 is 70.8 Å². The minimum Gasteiger partial charge on any atom is -0.349 e. The summed E-state index contributed by atoms with van der Waals surface area (Å²) in [5.41, 5.74) is -3.49. The summed E-state index contributed by atoms with van der Waals surface area (Å²) in [5.74, 6) is -9.75. The average molecular weight is 661 g/mol. The number of carbonyl (C=O) groups is 1. The second kappa shape index (κ2) is 13.5. The van der Waals surface area contributed by atoms with E-state index in [1.165, 1.54) is 6.92 Å². The van der Waals surface area contributed by atoms with Crippen molar-refractivity contribution in [3.05, 3.63) is 73.7 Å². The Morgan fingerprint density at radius 3 is 2.08 bits per heavy atom. The van der Waals surface area contributed by atoms with Crippen LogP contribution in [-0.4, -0.2) is 35.6 Å². The number of allylic oxidation sites excluding steroid dienone is 1. The van der Waals surface area contributed by atoms with Gasteiger partial charge < -0.3 is 5.32 Å². The second-order valence-corrected chi connectivity index (χ2v) is 10.9. The smallest absolute Gasteiger partial charge is 0.349 e. The lowest BCUT2D eigenvalue weighted by atomic mass is 9.89. The first-order valence-electron chi connectivity index (χ1n) is 11.3.